The third-order valence-electron chi connectivity index (χ3n) is 2.33. The van der Waals surface area contributed by atoms with E-state index in [2.05, 4.69) is 20.2 Å². The van der Waals surface area contributed by atoms with Gasteiger partial charge in [-0.3, -0.25) is 4.98 Å². The average Bonchev–Trinajstić information content (AvgIpc) is 2.31. The standard InChI is InChI=1S/C10H16N4O/c1-2-15-10-8-12-7-9(13-10)14-5-3-11-4-6-14/h7-8,11H,2-6H2,1H3. The zero-order valence-corrected chi connectivity index (χ0v) is 8.94. The quantitative estimate of drug-likeness (QED) is 0.773. The number of anilines is 1. The van der Waals surface area contributed by atoms with E-state index in [1.807, 2.05) is 6.92 Å². The van der Waals surface area contributed by atoms with E-state index >= 15 is 0 Å². The van der Waals surface area contributed by atoms with Gasteiger partial charge in [0.15, 0.2) is 5.82 Å². The Kier molecular flexibility index (Phi) is 3.34. The molecule has 0 saturated carbocycles. The van der Waals surface area contributed by atoms with Crippen molar-refractivity contribution >= 4 is 5.82 Å². The number of ether oxygens (including phenoxy) is 1. The topological polar surface area (TPSA) is 50.3 Å². The van der Waals surface area contributed by atoms with E-state index < -0.39 is 0 Å². The minimum atomic E-state index is 0.605. The molecule has 0 aromatic carbocycles. The van der Waals surface area contributed by atoms with E-state index in [-0.39, 0.29) is 0 Å². The van der Waals surface area contributed by atoms with Gasteiger partial charge in [0.05, 0.1) is 19.0 Å². The number of aromatic nitrogens is 2. The zero-order valence-electron chi connectivity index (χ0n) is 8.94. The third-order valence-corrected chi connectivity index (χ3v) is 2.33. The van der Waals surface area contributed by atoms with Crippen molar-refractivity contribution < 1.29 is 4.74 Å². The van der Waals surface area contributed by atoms with Crippen LogP contribution in [0, 0.1) is 0 Å². The number of nitrogens with zero attached hydrogens (tertiary/aromatic N) is 3. The molecule has 1 fully saturated rings. The molecule has 5 heteroatoms. The first-order chi connectivity index (χ1) is 7.40. The van der Waals surface area contributed by atoms with Crippen LogP contribution in [0.15, 0.2) is 12.4 Å². The molecule has 5 nitrogen and oxygen atoms in total. The Bertz CT molecular complexity index is 312. The number of rotatable bonds is 3. The maximum atomic E-state index is 5.32. The molecule has 0 amide bonds. The SMILES string of the molecule is CCOc1cncc(N2CCNCC2)n1. The second-order valence-electron chi connectivity index (χ2n) is 3.39. The molecule has 0 unspecified atom stereocenters. The molecule has 2 heterocycles. The Labute approximate surface area is 89.5 Å². The van der Waals surface area contributed by atoms with E-state index in [1.165, 1.54) is 0 Å². The smallest absolute Gasteiger partial charge is 0.234 e. The van der Waals surface area contributed by atoms with Crippen LogP contribution in [0.2, 0.25) is 0 Å². The Morgan fingerprint density at radius 1 is 1.40 bits per heavy atom. The van der Waals surface area contributed by atoms with Crippen molar-refractivity contribution in [3.8, 4) is 5.88 Å². The average molecular weight is 208 g/mol. The summed E-state index contributed by atoms with van der Waals surface area (Å²) >= 11 is 0. The Balaban J connectivity index is 2.09. The minimum Gasteiger partial charge on any atom is -0.477 e. The highest BCUT2D eigenvalue weighted by Crippen LogP contribution is 2.14. The van der Waals surface area contributed by atoms with Gasteiger partial charge < -0.3 is 15.0 Å². The van der Waals surface area contributed by atoms with Gasteiger partial charge >= 0.3 is 0 Å². The van der Waals surface area contributed by atoms with Crippen molar-refractivity contribution in [2.45, 2.75) is 6.92 Å². The van der Waals surface area contributed by atoms with Gasteiger partial charge in [0.25, 0.3) is 0 Å². The summed E-state index contributed by atoms with van der Waals surface area (Å²) in [6, 6.07) is 0. The van der Waals surface area contributed by atoms with Crippen molar-refractivity contribution in [2.24, 2.45) is 0 Å². The van der Waals surface area contributed by atoms with E-state index in [4.69, 9.17) is 4.74 Å². The van der Waals surface area contributed by atoms with Crippen LogP contribution in [0.3, 0.4) is 0 Å². The highest BCUT2D eigenvalue weighted by molar-refractivity contribution is 5.38. The summed E-state index contributed by atoms with van der Waals surface area (Å²) < 4.78 is 5.32. The second-order valence-corrected chi connectivity index (χ2v) is 3.39. The molecule has 1 N–H and O–H groups in total. The molecule has 1 aromatic rings. The fourth-order valence-corrected chi connectivity index (χ4v) is 1.60. The highest BCUT2D eigenvalue weighted by atomic mass is 16.5. The third kappa shape index (κ3) is 2.56. The van der Waals surface area contributed by atoms with Gasteiger partial charge in [-0.25, -0.2) is 0 Å². The molecule has 1 aliphatic rings. The van der Waals surface area contributed by atoms with Crippen LogP contribution in [0.25, 0.3) is 0 Å². The van der Waals surface area contributed by atoms with Crippen LogP contribution < -0.4 is 15.0 Å². The number of hydrogen-bond donors (Lipinski definition) is 1. The van der Waals surface area contributed by atoms with Crippen molar-refractivity contribution in [3.05, 3.63) is 12.4 Å². The van der Waals surface area contributed by atoms with E-state index in [0.717, 1.165) is 32.0 Å². The van der Waals surface area contributed by atoms with E-state index in [9.17, 15) is 0 Å². The van der Waals surface area contributed by atoms with Crippen LogP contribution >= 0.6 is 0 Å². The Morgan fingerprint density at radius 3 is 2.93 bits per heavy atom. The summed E-state index contributed by atoms with van der Waals surface area (Å²) in [4.78, 5) is 10.7. The minimum absolute atomic E-state index is 0.605. The summed E-state index contributed by atoms with van der Waals surface area (Å²) in [5.74, 6) is 1.51. The summed E-state index contributed by atoms with van der Waals surface area (Å²) in [6.07, 6.45) is 3.43. The van der Waals surface area contributed by atoms with Crippen LogP contribution in [0.4, 0.5) is 5.82 Å². The van der Waals surface area contributed by atoms with E-state index in [0.29, 0.717) is 12.5 Å². The molecule has 0 bridgehead atoms. The van der Waals surface area contributed by atoms with Gasteiger partial charge in [-0.15, -0.1) is 0 Å². The monoisotopic (exact) mass is 208 g/mol. The lowest BCUT2D eigenvalue weighted by Gasteiger charge is -2.28. The molecule has 1 aliphatic heterocycles. The molecule has 82 valence electrons. The van der Waals surface area contributed by atoms with Crippen molar-refractivity contribution in [1.82, 2.24) is 15.3 Å². The van der Waals surface area contributed by atoms with Gasteiger partial charge in [-0.05, 0) is 6.92 Å². The molecule has 0 spiro atoms. The van der Waals surface area contributed by atoms with Crippen molar-refractivity contribution in [2.75, 3.05) is 37.7 Å². The molecule has 15 heavy (non-hydrogen) atoms. The van der Waals surface area contributed by atoms with Gasteiger partial charge in [0.2, 0.25) is 5.88 Å². The zero-order chi connectivity index (χ0) is 10.5. The first-order valence-corrected chi connectivity index (χ1v) is 5.30. The molecule has 1 aromatic heterocycles. The molecule has 0 radical (unpaired) electrons. The second kappa shape index (κ2) is 4.93. The Morgan fingerprint density at radius 2 is 2.20 bits per heavy atom. The molecular weight excluding hydrogens is 192 g/mol. The van der Waals surface area contributed by atoms with Gasteiger partial charge in [-0.2, -0.15) is 4.98 Å². The van der Waals surface area contributed by atoms with Gasteiger partial charge in [0, 0.05) is 26.2 Å². The summed E-state index contributed by atoms with van der Waals surface area (Å²) in [5, 5.41) is 3.30. The summed E-state index contributed by atoms with van der Waals surface area (Å²) in [6.45, 7) is 6.52. The lowest BCUT2D eigenvalue weighted by Crippen LogP contribution is -2.43. The lowest BCUT2D eigenvalue weighted by molar-refractivity contribution is 0.325. The molecule has 2 rings (SSSR count). The maximum Gasteiger partial charge on any atom is 0.234 e. The number of piperazine rings is 1. The summed E-state index contributed by atoms with van der Waals surface area (Å²) in [7, 11) is 0. The van der Waals surface area contributed by atoms with Crippen molar-refractivity contribution in [3.63, 3.8) is 0 Å². The van der Waals surface area contributed by atoms with Gasteiger partial charge in [0.1, 0.15) is 0 Å². The van der Waals surface area contributed by atoms with E-state index in [1.54, 1.807) is 12.4 Å². The van der Waals surface area contributed by atoms with Crippen LogP contribution in [0.1, 0.15) is 6.92 Å². The largest absolute Gasteiger partial charge is 0.477 e. The maximum absolute atomic E-state index is 5.32. The first kappa shape index (κ1) is 10.2. The normalized spacial score (nSPS) is 16.5. The van der Waals surface area contributed by atoms with Crippen LogP contribution in [-0.4, -0.2) is 42.8 Å². The number of nitrogens with one attached hydrogen (secondary N) is 1. The van der Waals surface area contributed by atoms with Crippen LogP contribution in [-0.2, 0) is 0 Å². The lowest BCUT2D eigenvalue weighted by atomic mass is 10.3. The molecule has 1 saturated heterocycles. The van der Waals surface area contributed by atoms with Crippen LogP contribution in [0.5, 0.6) is 5.88 Å². The molecule has 0 aliphatic carbocycles. The Hall–Kier alpha value is -1.36. The molecular formula is C10H16N4O. The predicted octanol–water partition coefficient (Wildman–Crippen LogP) is 0.285. The predicted molar refractivity (Wildman–Crippen MR) is 58.3 cm³/mol. The fraction of sp³-hybridized carbons (Fsp3) is 0.600. The fourth-order valence-electron chi connectivity index (χ4n) is 1.60. The first-order valence-electron chi connectivity index (χ1n) is 5.30. The highest BCUT2D eigenvalue weighted by Gasteiger charge is 2.12. The summed E-state index contributed by atoms with van der Waals surface area (Å²) in [5.41, 5.74) is 0. The van der Waals surface area contributed by atoms with Gasteiger partial charge in [-0.1, -0.05) is 0 Å². The molecule has 0 atom stereocenters. The number of hydrogen-bond acceptors (Lipinski definition) is 5. The van der Waals surface area contributed by atoms with Crippen molar-refractivity contribution in [1.29, 1.82) is 0 Å².